The van der Waals surface area contributed by atoms with Crippen molar-refractivity contribution in [1.29, 1.82) is 0 Å². The zero-order valence-corrected chi connectivity index (χ0v) is 28.6. The molecule has 2 amide bonds. The maximum absolute atomic E-state index is 14.2. The molecule has 2 heterocycles. The molecule has 3 aliphatic rings. The smallest absolute Gasteiger partial charge is 0.410 e. The summed E-state index contributed by atoms with van der Waals surface area (Å²) in [7, 11) is 0. The molecule has 0 aromatic carbocycles. The van der Waals surface area contributed by atoms with Crippen LogP contribution < -0.4 is 4.90 Å². The van der Waals surface area contributed by atoms with Crippen LogP contribution in [-0.4, -0.2) is 64.9 Å². The van der Waals surface area contributed by atoms with E-state index in [0.717, 1.165) is 64.2 Å². The zero-order valence-electron chi connectivity index (χ0n) is 27.7. The number of anilines is 1. The Kier molecular flexibility index (Phi) is 11.1. The highest BCUT2D eigenvalue weighted by Gasteiger charge is 2.38. The highest BCUT2D eigenvalue weighted by Crippen LogP contribution is 2.39. The largest absolute Gasteiger partial charge is 0.477 e. The van der Waals surface area contributed by atoms with Crippen LogP contribution in [-0.2, 0) is 14.3 Å². The maximum atomic E-state index is 14.2. The molecule has 2 saturated carbocycles. The first-order valence-corrected chi connectivity index (χ1v) is 17.3. The molecule has 44 heavy (non-hydrogen) atoms. The van der Waals surface area contributed by atoms with Gasteiger partial charge in [0.1, 0.15) is 10.5 Å². The second-order valence-electron chi connectivity index (χ2n) is 15.0. The second-order valence-corrected chi connectivity index (χ2v) is 16.1. The quantitative estimate of drug-likeness (QED) is 0.324. The van der Waals surface area contributed by atoms with Crippen molar-refractivity contribution >= 4 is 35.0 Å². The Balaban J connectivity index is 1.45. The molecule has 8 nitrogen and oxygen atoms in total. The third-order valence-corrected chi connectivity index (χ3v) is 9.84. The molecule has 1 aliphatic heterocycles. The van der Waals surface area contributed by atoms with Gasteiger partial charge in [0.15, 0.2) is 0 Å². The first kappa shape index (κ1) is 34.3. The van der Waals surface area contributed by atoms with E-state index < -0.39 is 11.6 Å². The fourth-order valence-corrected chi connectivity index (χ4v) is 7.28. The Bertz CT molecular complexity index is 1220. The van der Waals surface area contributed by atoms with E-state index in [1.165, 1.54) is 11.3 Å². The van der Waals surface area contributed by atoms with Gasteiger partial charge < -0.3 is 24.4 Å². The van der Waals surface area contributed by atoms with Gasteiger partial charge in [-0.2, -0.15) is 0 Å². The molecule has 244 valence electrons. The summed E-state index contributed by atoms with van der Waals surface area (Å²) in [5, 5.41) is 10.2. The first-order valence-electron chi connectivity index (χ1n) is 16.5. The number of likely N-dealkylation sites (tertiary alicyclic amines) is 1. The number of hydrogen-bond acceptors (Lipinski definition) is 6. The Morgan fingerprint density at radius 2 is 1.50 bits per heavy atom. The van der Waals surface area contributed by atoms with E-state index in [2.05, 4.69) is 18.8 Å². The number of piperidine rings is 1. The number of hydrogen-bond donors (Lipinski definition) is 1. The minimum atomic E-state index is -1.02. The van der Waals surface area contributed by atoms with Crippen molar-refractivity contribution in [2.75, 3.05) is 18.0 Å². The molecule has 3 fully saturated rings. The standard InChI is InChI=1S/C35H52N2O6S/c1-23-8-10-24(11-9-23)31(38)37(29-22-28(16-19-34(2,3)4)44-30(29)32(39)40)25-12-14-26(15-13-25)42-27-17-20-36(21-18-27)33(41)43-35(5,6)7/h22-27H,8-15,17-18,20-21H2,1-7H3,(H,39,40). The van der Waals surface area contributed by atoms with Crippen LogP contribution in [0.25, 0.3) is 0 Å². The number of carbonyl (C=O) groups is 3. The maximum Gasteiger partial charge on any atom is 0.410 e. The molecule has 4 rings (SSSR count). The molecule has 0 bridgehead atoms. The molecule has 2 aliphatic carbocycles. The van der Waals surface area contributed by atoms with E-state index >= 15 is 0 Å². The van der Waals surface area contributed by atoms with Gasteiger partial charge >= 0.3 is 12.1 Å². The summed E-state index contributed by atoms with van der Waals surface area (Å²) in [5.41, 5.74) is -0.223. The molecular formula is C35H52N2O6S. The van der Waals surface area contributed by atoms with Crippen LogP contribution >= 0.6 is 11.3 Å². The Labute approximate surface area is 267 Å². The van der Waals surface area contributed by atoms with E-state index in [1.807, 2.05) is 52.5 Å². The highest BCUT2D eigenvalue weighted by molar-refractivity contribution is 7.15. The summed E-state index contributed by atoms with van der Waals surface area (Å²) < 4.78 is 12.0. The SMILES string of the molecule is CC1CCC(C(=O)N(c2cc(C#CC(C)(C)C)sc2C(=O)O)C2CCC(OC3CCN(C(=O)OC(C)(C)C)CC3)CC2)CC1. The number of thiophene rings is 1. The average molecular weight is 629 g/mol. The van der Waals surface area contributed by atoms with Gasteiger partial charge in [-0.05, 0) is 118 Å². The molecule has 1 aromatic rings. The zero-order chi connectivity index (χ0) is 32.2. The number of amides is 2. The first-order chi connectivity index (χ1) is 20.6. The van der Waals surface area contributed by atoms with Gasteiger partial charge in [0.2, 0.25) is 5.91 Å². The van der Waals surface area contributed by atoms with E-state index in [4.69, 9.17) is 9.47 Å². The lowest BCUT2D eigenvalue weighted by Crippen LogP contribution is -2.48. The number of ether oxygens (including phenoxy) is 2. The summed E-state index contributed by atoms with van der Waals surface area (Å²) in [5.74, 6) is 5.97. The summed E-state index contributed by atoms with van der Waals surface area (Å²) in [6.45, 7) is 15.2. The molecule has 0 spiro atoms. The van der Waals surface area contributed by atoms with Crippen LogP contribution in [0.4, 0.5) is 10.5 Å². The fourth-order valence-electron chi connectivity index (χ4n) is 6.44. The molecule has 0 atom stereocenters. The van der Waals surface area contributed by atoms with Crippen molar-refractivity contribution in [1.82, 2.24) is 4.90 Å². The van der Waals surface area contributed by atoms with Gasteiger partial charge in [0, 0.05) is 30.5 Å². The van der Waals surface area contributed by atoms with Crippen LogP contribution in [0.2, 0.25) is 0 Å². The van der Waals surface area contributed by atoms with E-state index in [0.29, 0.717) is 29.6 Å². The lowest BCUT2D eigenvalue weighted by molar-refractivity contribution is -0.124. The van der Waals surface area contributed by atoms with Crippen molar-refractivity contribution in [2.24, 2.45) is 17.3 Å². The van der Waals surface area contributed by atoms with Crippen molar-refractivity contribution < 1.29 is 29.0 Å². The monoisotopic (exact) mass is 628 g/mol. The van der Waals surface area contributed by atoms with E-state index in [1.54, 1.807) is 4.90 Å². The van der Waals surface area contributed by atoms with E-state index in [-0.39, 0.29) is 46.5 Å². The van der Waals surface area contributed by atoms with Gasteiger partial charge in [-0.15, -0.1) is 11.3 Å². The van der Waals surface area contributed by atoms with Gasteiger partial charge in [-0.1, -0.05) is 18.8 Å². The van der Waals surface area contributed by atoms with Crippen molar-refractivity contribution in [3.63, 3.8) is 0 Å². The minimum absolute atomic E-state index is 0.0615. The third-order valence-electron chi connectivity index (χ3n) is 8.82. The van der Waals surface area contributed by atoms with Crippen LogP contribution in [0.5, 0.6) is 0 Å². The molecule has 0 unspecified atom stereocenters. The molecule has 1 N–H and O–H groups in total. The lowest BCUT2D eigenvalue weighted by atomic mass is 9.81. The number of nitrogens with zero attached hydrogens (tertiary/aromatic N) is 2. The predicted molar refractivity (Wildman–Crippen MR) is 174 cm³/mol. The predicted octanol–water partition coefficient (Wildman–Crippen LogP) is 7.73. The summed E-state index contributed by atoms with van der Waals surface area (Å²) in [6.07, 6.45) is 8.35. The van der Waals surface area contributed by atoms with Crippen LogP contribution in [0.15, 0.2) is 6.07 Å². The average Bonchev–Trinajstić information content (AvgIpc) is 3.37. The third kappa shape index (κ3) is 9.47. The number of aromatic carboxylic acids is 1. The number of carbonyl (C=O) groups excluding carboxylic acids is 2. The Hall–Kier alpha value is -2.57. The molecular weight excluding hydrogens is 576 g/mol. The topological polar surface area (TPSA) is 96.4 Å². The normalized spacial score (nSPS) is 25.1. The van der Waals surface area contributed by atoms with Gasteiger partial charge in [-0.3, -0.25) is 4.79 Å². The number of carboxylic acids is 1. The van der Waals surface area contributed by atoms with Gasteiger partial charge in [-0.25, -0.2) is 9.59 Å². The van der Waals surface area contributed by atoms with Crippen molar-refractivity contribution in [3.05, 3.63) is 15.8 Å². The van der Waals surface area contributed by atoms with Crippen LogP contribution in [0.3, 0.4) is 0 Å². The van der Waals surface area contributed by atoms with Crippen molar-refractivity contribution in [3.8, 4) is 11.8 Å². The minimum Gasteiger partial charge on any atom is -0.477 e. The Morgan fingerprint density at radius 3 is 2.05 bits per heavy atom. The molecule has 0 radical (unpaired) electrons. The van der Waals surface area contributed by atoms with Crippen molar-refractivity contribution in [2.45, 2.75) is 137 Å². The fraction of sp³-hybridized carbons (Fsp3) is 0.743. The van der Waals surface area contributed by atoms with E-state index in [9.17, 15) is 19.5 Å². The van der Waals surface area contributed by atoms with Crippen LogP contribution in [0, 0.1) is 29.1 Å². The molecule has 9 heteroatoms. The lowest BCUT2D eigenvalue weighted by Gasteiger charge is -2.40. The molecule has 1 aromatic heterocycles. The van der Waals surface area contributed by atoms with Crippen LogP contribution in [0.1, 0.15) is 127 Å². The summed E-state index contributed by atoms with van der Waals surface area (Å²) >= 11 is 1.17. The number of carboxylic acid groups (broad SMARTS) is 1. The summed E-state index contributed by atoms with van der Waals surface area (Å²) in [4.78, 5) is 43.6. The van der Waals surface area contributed by atoms with Gasteiger partial charge in [0.25, 0.3) is 0 Å². The molecule has 1 saturated heterocycles. The second kappa shape index (κ2) is 14.2. The summed E-state index contributed by atoms with van der Waals surface area (Å²) in [6, 6.07) is 1.75. The number of rotatable bonds is 6. The highest BCUT2D eigenvalue weighted by atomic mass is 32.1. The Morgan fingerprint density at radius 1 is 0.909 bits per heavy atom. The van der Waals surface area contributed by atoms with Gasteiger partial charge in [0.05, 0.1) is 22.8 Å².